The van der Waals surface area contributed by atoms with Crippen LogP contribution < -0.4 is 5.32 Å². The highest BCUT2D eigenvalue weighted by Crippen LogP contribution is 2.44. The van der Waals surface area contributed by atoms with Crippen LogP contribution in [0.5, 0.6) is 0 Å². The van der Waals surface area contributed by atoms with Crippen LogP contribution in [0.3, 0.4) is 0 Å². The minimum atomic E-state index is -1.13. The number of alkyl carbamates (subject to hydrolysis) is 1. The summed E-state index contributed by atoms with van der Waals surface area (Å²) < 4.78 is 6.54. The van der Waals surface area contributed by atoms with Gasteiger partial charge in [-0.05, 0) is 45.9 Å². The minimum absolute atomic E-state index is 0.0872. The van der Waals surface area contributed by atoms with E-state index in [4.69, 9.17) is 4.74 Å². The average Bonchev–Trinajstić information content (AvgIpc) is 3.40. The minimum Gasteiger partial charge on any atom is -0.480 e. The lowest BCUT2D eigenvalue weighted by molar-refractivity contribution is -0.139. The summed E-state index contributed by atoms with van der Waals surface area (Å²) in [5.74, 6) is -0.816. The Hall–Kier alpha value is -3.71. The number of benzene rings is 3. The zero-order valence-corrected chi connectivity index (χ0v) is 20.3. The molecule has 7 heteroatoms. The molecule has 0 saturated carbocycles. The summed E-state index contributed by atoms with van der Waals surface area (Å²) in [7, 11) is 0. The van der Waals surface area contributed by atoms with Crippen molar-refractivity contribution in [1.29, 1.82) is 0 Å². The molecule has 1 aliphatic rings. The number of carboxylic acids is 1. The Kier molecular flexibility index (Phi) is 6.26. The first-order chi connectivity index (χ1) is 16.9. The molecule has 2 N–H and O–H groups in total. The lowest BCUT2D eigenvalue weighted by Crippen LogP contribution is -2.42. The van der Waals surface area contributed by atoms with Crippen molar-refractivity contribution in [2.24, 2.45) is 0 Å². The van der Waals surface area contributed by atoms with Gasteiger partial charge in [-0.2, -0.15) is 0 Å². The van der Waals surface area contributed by atoms with Gasteiger partial charge in [-0.15, -0.1) is 11.3 Å². The number of hydrogen-bond donors (Lipinski definition) is 2. The van der Waals surface area contributed by atoms with E-state index in [2.05, 4.69) is 42.3 Å². The van der Waals surface area contributed by atoms with E-state index in [-0.39, 0.29) is 18.9 Å². The van der Waals surface area contributed by atoms with Crippen LogP contribution in [0.2, 0.25) is 0 Å². The van der Waals surface area contributed by atoms with Crippen molar-refractivity contribution >= 4 is 33.6 Å². The predicted molar refractivity (Wildman–Crippen MR) is 137 cm³/mol. The first-order valence-electron chi connectivity index (χ1n) is 11.6. The Bertz CT molecular complexity index is 1370. The molecule has 0 bridgehead atoms. The normalized spacial score (nSPS) is 13.5. The molecule has 1 amide bonds. The maximum absolute atomic E-state index is 12.6. The van der Waals surface area contributed by atoms with Crippen LogP contribution in [0.25, 0.3) is 21.3 Å². The zero-order chi connectivity index (χ0) is 24.5. The SMILES string of the molecule is CC(C)c1ccc2nc(CC(NC(=O)OCC3c4ccccc4-c4ccccc43)C(=O)O)sc2c1. The topological polar surface area (TPSA) is 88.5 Å². The summed E-state index contributed by atoms with van der Waals surface area (Å²) in [5.41, 5.74) is 6.52. The summed E-state index contributed by atoms with van der Waals surface area (Å²) >= 11 is 1.45. The highest BCUT2D eigenvalue weighted by atomic mass is 32.1. The Labute approximate surface area is 207 Å². The summed E-state index contributed by atoms with van der Waals surface area (Å²) in [6.45, 7) is 4.38. The number of carbonyl (C=O) groups is 2. The first kappa shape index (κ1) is 23.1. The lowest BCUT2D eigenvalue weighted by atomic mass is 9.98. The van der Waals surface area contributed by atoms with Crippen LogP contribution in [0.4, 0.5) is 4.79 Å². The smallest absolute Gasteiger partial charge is 0.407 e. The average molecular weight is 487 g/mol. The quantitative estimate of drug-likeness (QED) is 0.337. The van der Waals surface area contributed by atoms with Gasteiger partial charge in [0.15, 0.2) is 0 Å². The molecule has 3 aromatic carbocycles. The number of ether oxygens (including phenoxy) is 1. The molecule has 0 aliphatic heterocycles. The van der Waals surface area contributed by atoms with Crippen molar-refractivity contribution in [2.75, 3.05) is 6.61 Å². The molecular formula is C28H26N2O4S. The van der Waals surface area contributed by atoms with E-state index in [1.807, 2.05) is 48.5 Å². The molecule has 0 spiro atoms. The van der Waals surface area contributed by atoms with Crippen molar-refractivity contribution in [3.05, 3.63) is 88.4 Å². The van der Waals surface area contributed by atoms with E-state index < -0.39 is 18.1 Å². The summed E-state index contributed by atoms with van der Waals surface area (Å²) in [5, 5.41) is 12.9. The van der Waals surface area contributed by atoms with Crippen LogP contribution >= 0.6 is 11.3 Å². The van der Waals surface area contributed by atoms with Gasteiger partial charge in [-0.1, -0.05) is 68.4 Å². The number of amides is 1. The van der Waals surface area contributed by atoms with Crippen LogP contribution in [-0.2, 0) is 16.0 Å². The molecule has 5 rings (SSSR count). The molecule has 0 fully saturated rings. The number of nitrogens with zero attached hydrogens (tertiary/aromatic N) is 1. The second-order valence-electron chi connectivity index (χ2n) is 9.05. The molecule has 1 heterocycles. The van der Waals surface area contributed by atoms with Crippen LogP contribution in [0, 0.1) is 0 Å². The van der Waals surface area contributed by atoms with Crippen molar-refractivity contribution in [2.45, 2.75) is 38.1 Å². The number of fused-ring (bicyclic) bond motifs is 4. The van der Waals surface area contributed by atoms with Crippen molar-refractivity contribution in [1.82, 2.24) is 10.3 Å². The van der Waals surface area contributed by atoms with Gasteiger partial charge < -0.3 is 15.2 Å². The number of aliphatic carboxylic acids is 1. The highest BCUT2D eigenvalue weighted by Gasteiger charge is 2.30. The Balaban J connectivity index is 1.26. The third kappa shape index (κ3) is 4.64. The van der Waals surface area contributed by atoms with Gasteiger partial charge in [-0.25, -0.2) is 14.6 Å². The summed E-state index contributed by atoms with van der Waals surface area (Å²) in [6, 6.07) is 21.1. The molecule has 0 saturated heterocycles. The van der Waals surface area contributed by atoms with Gasteiger partial charge in [-0.3, -0.25) is 0 Å². The Morgan fingerprint density at radius 2 is 1.69 bits per heavy atom. The molecule has 1 aromatic heterocycles. The van der Waals surface area contributed by atoms with Gasteiger partial charge in [0.2, 0.25) is 0 Å². The molecule has 178 valence electrons. The fraction of sp³-hybridized carbons (Fsp3) is 0.250. The van der Waals surface area contributed by atoms with E-state index in [1.165, 1.54) is 16.9 Å². The van der Waals surface area contributed by atoms with Crippen LogP contribution in [0.1, 0.15) is 47.4 Å². The van der Waals surface area contributed by atoms with E-state index in [0.717, 1.165) is 32.5 Å². The second-order valence-corrected chi connectivity index (χ2v) is 10.2. The monoisotopic (exact) mass is 486 g/mol. The highest BCUT2D eigenvalue weighted by molar-refractivity contribution is 7.18. The third-order valence-electron chi connectivity index (χ3n) is 6.44. The molecule has 6 nitrogen and oxygen atoms in total. The van der Waals surface area contributed by atoms with E-state index >= 15 is 0 Å². The van der Waals surface area contributed by atoms with Crippen molar-refractivity contribution in [3.8, 4) is 11.1 Å². The largest absolute Gasteiger partial charge is 0.480 e. The summed E-state index contributed by atoms with van der Waals surface area (Å²) in [4.78, 5) is 29.1. The van der Waals surface area contributed by atoms with E-state index in [9.17, 15) is 14.7 Å². The third-order valence-corrected chi connectivity index (χ3v) is 7.48. The number of carboxylic acid groups (broad SMARTS) is 1. The zero-order valence-electron chi connectivity index (χ0n) is 19.5. The fourth-order valence-corrected chi connectivity index (χ4v) is 5.65. The molecule has 35 heavy (non-hydrogen) atoms. The lowest BCUT2D eigenvalue weighted by Gasteiger charge is -2.17. The second kappa shape index (κ2) is 9.50. The Morgan fingerprint density at radius 1 is 1.03 bits per heavy atom. The number of hydrogen-bond acceptors (Lipinski definition) is 5. The maximum atomic E-state index is 12.6. The number of carbonyl (C=O) groups excluding carboxylic acids is 1. The fourth-order valence-electron chi connectivity index (χ4n) is 4.59. The molecule has 4 aromatic rings. The number of nitrogens with one attached hydrogen (secondary N) is 1. The van der Waals surface area contributed by atoms with Gasteiger partial charge >= 0.3 is 12.1 Å². The van der Waals surface area contributed by atoms with E-state index in [1.54, 1.807) is 0 Å². The van der Waals surface area contributed by atoms with Gasteiger partial charge in [0.1, 0.15) is 12.6 Å². The molecule has 1 unspecified atom stereocenters. The maximum Gasteiger partial charge on any atom is 0.407 e. The van der Waals surface area contributed by atoms with E-state index in [0.29, 0.717) is 10.9 Å². The van der Waals surface area contributed by atoms with Gasteiger partial charge in [0.05, 0.1) is 15.2 Å². The van der Waals surface area contributed by atoms with Crippen molar-refractivity contribution in [3.63, 3.8) is 0 Å². The van der Waals surface area contributed by atoms with Crippen LogP contribution in [0.15, 0.2) is 66.7 Å². The predicted octanol–water partition coefficient (Wildman–Crippen LogP) is 5.95. The number of thiazole rings is 1. The van der Waals surface area contributed by atoms with Gasteiger partial charge in [0, 0.05) is 12.3 Å². The Morgan fingerprint density at radius 3 is 2.31 bits per heavy atom. The standard InChI is InChI=1S/C28H26N2O4S/c1-16(2)17-11-12-23-25(13-17)35-26(29-23)14-24(27(31)32)30-28(33)34-15-22-20-9-5-3-7-18(20)19-8-4-6-10-21(19)22/h3-13,16,22,24H,14-15H2,1-2H3,(H,30,33)(H,31,32). The van der Waals surface area contributed by atoms with Crippen molar-refractivity contribution < 1.29 is 19.4 Å². The summed E-state index contributed by atoms with van der Waals surface area (Å²) in [6.07, 6.45) is -0.655. The number of aromatic nitrogens is 1. The molecule has 1 atom stereocenters. The number of rotatable bonds is 7. The molecule has 0 radical (unpaired) electrons. The van der Waals surface area contributed by atoms with Crippen LogP contribution in [-0.4, -0.2) is 34.8 Å². The molecule has 1 aliphatic carbocycles. The van der Waals surface area contributed by atoms with Gasteiger partial charge in [0.25, 0.3) is 0 Å². The first-order valence-corrected chi connectivity index (χ1v) is 12.5. The molecular weight excluding hydrogens is 460 g/mol.